The van der Waals surface area contributed by atoms with Crippen molar-refractivity contribution >= 4 is 5.71 Å². The van der Waals surface area contributed by atoms with Gasteiger partial charge in [-0.2, -0.15) is 39.5 Å². The summed E-state index contributed by atoms with van der Waals surface area (Å²) in [4.78, 5) is 6.34. The lowest BCUT2D eigenvalue weighted by molar-refractivity contribution is -0.185. The van der Waals surface area contributed by atoms with E-state index < -0.39 is 53.9 Å². The van der Waals surface area contributed by atoms with E-state index in [1.165, 1.54) is 12.1 Å². The summed E-state index contributed by atoms with van der Waals surface area (Å²) in [5.41, 5.74) is -1.77. The second-order valence-electron chi connectivity index (χ2n) is 7.55. The number of halogens is 9. The van der Waals surface area contributed by atoms with E-state index in [9.17, 15) is 39.5 Å². The molecule has 3 nitrogen and oxygen atoms in total. The van der Waals surface area contributed by atoms with Gasteiger partial charge in [-0.15, -0.1) is 0 Å². The van der Waals surface area contributed by atoms with Gasteiger partial charge in [-0.3, -0.25) is 4.99 Å². The average molecular weight is 469 g/mol. The maximum atomic E-state index is 14.1. The molecule has 32 heavy (non-hydrogen) atoms. The van der Waals surface area contributed by atoms with E-state index in [-0.39, 0.29) is 29.4 Å². The van der Waals surface area contributed by atoms with E-state index in [0.717, 1.165) is 0 Å². The SMILES string of the molecule is CC(N)c1ccc(C2=NCC(c3cc(C(F)(F)F)nc(C(F)(F)F)c3)(C(F)(F)F)C2)cc1. The Hall–Kier alpha value is -2.63. The van der Waals surface area contributed by atoms with Crippen LogP contribution in [0.25, 0.3) is 0 Å². The molecule has 2 atom stereocenters. The maximum absolute atomic E-state index is 14.1. The molecule has 2 unspecified atom stereocenters. The van der Waals surface area contributed by atoms with Gasteiger partial charge in [-0.1, -0.05) is 24.3 Å². The zero-order chi connectivity index (χ0) is 24.1. The lowest BCUT2D eigenvalue weighted by Gasteiger charge is -2.32. The average Bonchev–Trinajstić information content (AvgIpc) is 3.13. The molecule has 0 saturated carbocycles. The number of hydrogen-bond acceptors (Lipinski definition) is 3. The van der Waals surface area contributed by atoms with Crippen molar-refractivity contribution in [1.29, 1.82) is 0 Å². The molecule has 0 fully saturated rings. The van der Waals surface area contributed by atoms with Crippen molar-refractivity contribution < 1.29 is 39.5 Å². The molecular weight excluding hydrogens is 453 g/mol. The lowest BCUT2D eigenvalue weighted by Crippen LogP contribution is -2.44. The Balaban J connectivity index is 2.11. The fourth-order valence-corrected chi connectivity index (χ4v) is 3.44. The summed E-state index contributed by atoms with van der Waals surface area (Å²) in [5.74, 6) is 0. The first-order valence-electron chi connectivity index (χ1n) is 9.17. The molecule has 1 aliphatic heterocycles. The van der Waals surface area contributed by atoms with Crippen LogP contribution in [-0.4, -0.2) is 23.4 Å². The number of benzene rings is 1. The van der Waals surface area contributed by atoms with Gasteiger partial charge in [0.2, 0.25) is 0 Å². The summed E-state index contributed by atoms with van der Waals surface area (Å²) in [6.45, 7) is 0.635. The third kappa shape index (κ3) is 4.45. The first-order chi connectivity index (χ1) is 14.5. The van der Waals surface area contributed by atoms with Gasteiger partial charge in [0.05, 0.1) is 6.54 Å². The normalized spacial score (nSPS) is 20.9. The molecule has 2 aromatic rings. The Morgan fingerprint density at radius 3 is 1.78 bits per heavy atom. The molecule has 12 heteroatoms. The van der Waals surface area contributed by atoms with Crippen molar-refractivity contribution in [1.82, 2.24) is 4.98 Å². The molecule has 3 rings (SSSR count). The van der Waals surface area contributed by atoms with E-state index in [2.05, 4.69) is 9.98 Å². The largest absolute Gasteiger partial charge is 0.433 e. The zero-order valence-corrected chi connectivity index (χ0v) is 16.3. The molecule has 0 radical (unpaired) electrons. The molecular formula is C20H16F9N3. The second-order valence-corrected chi connectivity index (χ2v) is 7.55. The fourth-order valence-electron chi connectivity index (χ4n) is 3.44. The number of hydrogen-bond donors (Lipinski definition) is 1. The number of pyridine rings is 1. The van der Waals surface area contributed by atoms with Crippen molar-refractivity contribution in [2.24, 2.45) is 10.7 Å². The molecule has 0 amide bonds. The van der Waals surface area contributed by atoms with Crippen LogP contribution in [-0.2, 0) is 17.8 Å². The van der Waals surface area contributed by atoms with Gasteiger partial charge in [0, 0.05) is 18.2 Å². The summed E-state index contributed by atoms with van der Waals surface area (Å²) in [5, 5.41) is 0. The number of aromatic nitrogens is 1. The topological polar surface area (TPSA) is 51.3 Å². The first-order valence-corrected chi connectivity index (χ1v) is 9.17. The van der Waals surface area contributed by atoms with Crippen LogP contribution >= 0.6 is 0 Å². The van der Waals surface area contributed by atoms with Crippen LogP contribution in [0.5, 0.6) is 0 Å². The standard InChI is InChI=1S/C20H16F9N3/c1-10(30)11-2-4-12(5-3-11)14-8-17(9-31-14,20(27,28)29)13-6-15(18(21,22)23)32-16(7-13)19(24,25)26/h2-7,10H,8-9,30H2,1H3. The first kappa shape index (κ1) is 24.0. The van der Waals surface area contributed by atoms with Crippen LogP contribution in [0.1, 0.15) is 47.5 Å². The molecule has 0 aliphatic carbocycles. The van der Waals surface area contributed by atoms with Crippen molar-refractivity contribution in [3.63, 3.8) is 0 Å². The Morgan fingerprint density at radius 1 is 0.875 bits per heavy atom. The minimum absolute atomic E-state index is 0.0143. The van der Waals surface area contributed by atoms with Gasteiger partial charge < -0.3 is 5.73 Å². The van der Waals surface area contributed by atoms with Crippen LogP contribution in [0.4, 0.5) is 39.5 Å². The number of nitrogens with two attached hydrogens (primary N) is 1. The fraction of sp³-hybridized carbons (Fsp3) is 0.400. The van der Waals surface area contributed by atoms with Crippen molar-refractivity contribution in [3.8, 4) is 0 Å². The van der Waals surface area contributed by atoms with Crippen molar-refractivity contribution in [3.05, 3.63) is 64.5 Å². The summed E-state index contributed by atoms with van der Waals surface area (Å²) >= 11 is 0. The van der Waals surface area contributed by atoms with Crippen LogP contribution in [0.2, 0.25) is 0 Å². The van der Waals surface area contributed by atoms with Gasteiger partial charge >= 0.3 is 18.5 Å². The number of aliphatic imine (C=N–C) groups is 1. The molecule has 2 N–H and O–H groups in total. The number of alkyl halides is 9. The van der Waals surface area contributed by atoms with Gasteiger partial charge in [0.15, 0.2) is 0 Å². The predicted molar refractivity (Wildman–Crippen MR) is 97.0 cm³/mol. The second kappa shape index (κ2) is 7.75. The molecule has 2 heterocycles. The third-order valence-corrected chi connectivity index (χ3v) is 5.28. The van der Waals surface area contributed by atoms with Crippen LogP contribution in [0.3, 0.4) is 0 Å². The summed E-state index contributed by atoms with van der Waals surface area (Å²) in [6, 6.07) is 5.72. The van der Waals surface area contributed by atoms with E-state index in [0.29, 0.717) is 5.56 Å². The van der Waals surface area contributed by atoms with Gasteiger partial charge in [-0.05, 0) is 35.7 Å². The molecule has 1 aliphatic rings. The van der Waals surface area contributed by atoms with Gasteiger partial charge in [0.25, 0.3) is 0 Å². The Kier molecular flexibility index (Phi) is 5.82. The highest BCUT2D eigenvalue weighted by molar-refractivity contribution is 6.03. The Morgan fingerprint density at radius 2 is 1.38 bits per heavy atom. The highest BCUT2D eigenvalue weighted by Crippen LogP contribution is 2.49. The van der Waals surface area contributed by atoms with Crippen LogP contribution in [0, 0.1) is 0 Å². The molecule has 1 aromatic carbocycles. The Labute approximate surface area is 176 Å². The third-order valence-electron chi connectivity index (χ3n) is 5.28. The quantitative estimate of drug-likeness (QED) is 0.575. The molecule has 1 aromatic heterocycles. The smallest absolute Gasteiger partial charge is 0.324 e. The van der Waals surface area contributed by atoms with Gasteiger partial charge in [0.1, 0.15) is 16.8 Å². The maximum Gasteiger partial charge on any atom is 0.433 e. The summed E-state index contributed by atoms with van der Waals surface area (Å²) in [6.07, 6.45) is -16.9. The summed E-state index contributed by atoms with van der Waals surface area (Å²) < 4.78 is 121. The van der Waals surface area contributed by atoms with Crippen LogP contribution < -0.4 is 5.73 Å². The van der Waals surface area contributed by atoms with E-state index in [1.54, 1.807) is 19.1 Å². The minimum Gasteiger partial charge on any atom is -0.324 e. The monoisotopic (exact) mass is 469 g/mol. The number of rotatable bonds is 3. The minimum atomic E-state index is -5.38. The Bertz CT molecular complexity index is 986. The van der Waals surface area contributed by atoms with Gasteiger partial charge in [-0.25, -0.2) is 4.98 Å². The molecule has 0 bridgehead atoms. The van der Waals surface area contributed by atoms with Crippen molar-refractivity contribution in [2.45, 2.75) is 43.3 Å². The summed E-state index contributed by atoms with van der Waals surface area (Å²) in [7, 11) is 0. The van der Waals surface area contributed by atoms with Crippen molar-refractivity contribution in [2.75, 3.05) is 6.54 Å². The predicted octanol–water partition coefficient (Wildman–Crippen LogP) is 5.83. The van der Waals surface area contributed by atoms with E-state index >= 15 is 0 Å². The molecule has 174 valence electrons. The highest BCUT2D eigenvalue weighted by atomic mass is 19.4. The van der Waals surface area contributed by atoms with E-state index in [1.807, 2.05) is 0 Å². The molecule has 0 saturated heterocycles. The number of nitrogens with zero attached hydrogens (tertiary/aromatic N) is 2. The molecule has 0 spiro atoms. The van der Waals surface area contributed by atoms with Crippen LogP contribution in [0.15, 0.2) is 41.4 Å². The zero-order valence-electron chi connectivity index (χ0n) is 16.3. The van der Waals surface area contributed by atoms with E-state index in [4.69, 9.17) is 5.73 Å². The lowest BCUT2D eigenvalue weighted by atomic mass is 9.76. The highest BCUT2D eigenvalue weighted by Gasteiger charge is 2.59.